The summed E-state index contributed by atoms with van der Waals surface area (Å²) in [6, 6.07) is 9.46. The van der Waals surface area contributed by atoms with E-state index in [2.05, 4.69) is 39.0 Å². The molecule has 2 fully saturated rings. The Hall–Kier alpha value is -1.32. The number of nitrogens with zero attached hydrogens (tertiary/aromatic N) is 2. The predicted octanol–water partition coefficient (Wildman–Crippen LogP) is 3.28. The number of nitrogens with one attached hydrogen (secondary N) is 1. The van der Waals surface area contributed by atoms with Crippen molar-refractivity contribution in [2.45, 2.75) is 44.3 Å². The number of hydrogen-bond acceptors (Lipinski definition) is 2. The average molecular weight is 281 g/mol. The molecule has 3 heteroatoms. The van der Waals surface area contributed by atoms with E-state index in [1.54, 1.807) is 5.56 Å². The standard InChI is InChI=1S/C18H23N3/c1-2-6-15-13(5-1)14-8-12-21-16(18(14)19-15)9-11-20-10-4-3-7-17(20)21/h1-2,5-6,16-17,19H,3-4,7-12H2/t16-,17-/m1/s1. The Labute approximate surface area is 125 Å². The summed E-state index contributed by atoms with van der Waals surface area (Å²) in [6.07, 6.45) is 7.37. The quantitative estimate of drug-likeness (QED) is 0.800. The van der Waals surface area contributed by atoms with E-state index >= 15 is 0 Å². The third-order valence-electron chi connectivity index (χ3n) is 5.85. The topological polar surface area (TPSA) is 22.3 Å². The zero-order chi connectivity index (χ0) is 13.8. The third kappa shape index (κ3) is 1.74. The summed E-state index contributed by atoms with van der Waals surface area (Å²) in [5.74, 6) is 0. The summed E-state index contributed by atoms with van der Waals surface area (Å²) in [6.45, 7) is 3.83. The van der Waals surface area contributed by atoms with Crippen LogP contribution in [0.1, 0.15) is 43.0 Å². The minimum atomic E-state index is 0.625. The first-order chi connectivity index (χ1) is 10.4. The number of piperidine rings is 1. The van der Waals surface area contributed by atoms with E-state index in [4.69, 9.17) is 0 Å². The lowest BCUT2D eigenvalue weighted by atomic mass is 9.90. The molecule has 4 heterocycles. The Bertz CT molecular complexity index is 674. The number of benzene rings is 1. The summed E-state index contributed by atoms with van der Waals surface area (Å²) in [5.41, 5.74) is 4.44. The normalized spacial score (nSPS) is 29.9. The molecule has 1 N–H and O–H groups in total. The van der Waals surface area contributed by atoms with Crippen LogP contribution in [0.4, 0.5) is 0 Å². The molecule has 0 spiro atoms. The van der Waals surface area contributed by atoms with Crippen molar-refractivity contribution in [3.63, 3.8) is 0 Å². The summed E-state index contributed by atoms with van der Waals surface area (Å²) in [4.78, 5) is 9.27. The molecule has 2 saturated heterocycles. The van der Waals surface area contributed by atoms with Gasteiger partial charge in [-0.1, -0.05) is 18.2 Å². The highest BCUT2D eigenvalue weighted by molar-refractivity contribution is 5.85. The molecule has 3 aliphatic heterocycles. The van der Waals surface area contributed by atoms with Crippen molar-refractivity contribution >= 4 is 10.9 Å². The fraction of sp³-hybridized carbons (Fsp3) is 0.556. The van der Waals surface area contributed by atoms with Crippen LogP contribution in [0.25, 0.3) is 10.9 Å². The van der Waals surface area contributed by atoms with E-state index in [0.717, 1.165) is 0 Å². The van der Waals surface area contributed by atoms with Crippen LogP contribution in [0.15, 0.2) is 24.3 Å². The largest absolute Gasteiger partial charge is 0.357 e. The molecule has 0 unspecified atom stereocenters. The van der Waals surface area contributed by atoms with Gasteiger partial charge in [0.15, 0.2) is 0 Å². The van der Waals surface area contributed by atoms with Crippen LogP contribution in [0.3, 0.4) is 0 Å². The minimum absolute atomic E-state index is 0.625. The Morgan fingerprint density at radius 2 is 1.95 bits per heavy atom. The maximum atomic E-state index is 3.75. The number of aromatic nitrogens is 1. The fourth-order valence-electron chi connectivity index (χ4n) is 4.90. The van der Waals surface area contributed by atoms with Crippen molar-refractivity contribution in [2.24, 2.45) is 0 Å². The van der Waals surface area contributed by atoms with Gasteiger partial charge in [-0.2, -0.15) is 0 Å². The second-order valence-corrected chi connectivity index (χ2v) is 6.87. The Kier molecular flexibility index (Phi) is 2.67. The van der Waals surface area contributed by atoms with Crippen LogP contribution in [0, 0.1) is 0 Å². The molecule has 1 aromatic carbocycles. The summed E-state index contributed by atoms with van der Waals surface area (Å²) in [5, 5.41) is 1.46. The predicted molar refractivity (Wildman–Crippen MR) is 85.3 cm³/mol. The van der Waals surface area contributed by atoms with Crippen LogP contribution < -0.4 is 0 Å². The molecule has 2 atom stereocenters. The maximum Gasteiger partial charge on any atom is 0.0628 e. The van der Waals surface area contributed by atoms with Crippen molar-refractivity contribution in [3.05, 3.63) is 35.5 Å². The highest BCUT2D eigenvalue weighted by Crippen LogP contribution is 2.41. The van der Waals surface area contributed by atoms with Gasteiger partial charge in [-0.05, 0) is 50.3 Å². The second kappa shape index (κ2) is 4.59. The van der Waals surface area contributed by atoms with E-state index in [0.29, 0.717) is 12.2 Å². The molecule has 0 radical (unpaired) electrons. The number of H-pyrrole nitrogens is 1. The van der Waals surface area contributed by atoms with Crippen molar-refractivity contribution < 1.29 is 0 Å². The number of aromatic amines is 1. The lowest BCUT2D eigenvalue weighted by molar-refractivity contribution is -0.0599. The van der Waals surface area contributed by atoms with Crippen LogP contribution >= 0.6 is 0 Å². The lowest BCUT2D eigenvalue weighted by Gasteiger charge is -2.52. The molecule has 0 aliphatic carbocycles. The molecule has 3 aliphatic rings. The van der Waals surface area contributed by atoms with Crippen molar-refractivity contribution in [3.8, 4) is 0 Å². The SMILES string of the molecule is c1ccc2c3c([nH]c2c1)[C@H]1CCN2CCCC[C@H]2N1CC3. The van der Waals surface area contributed by atoms with Gasteiger partial charge in [0, 0.05) is 29.7 Å². The molecule has 0 amide bonds. The number of fused-ring (bicyclic) bond motifs is 7. The third-order valence-corrected chi connectivity index (χ3v) is 5.85. The van der Waals surface area contributed by atoms with Gasteiger partial charge < -0.3 is 4.98 Å². The summed E-state index contributed by atoms with van der Waals surface area (Å²) < 4.78 is 0. The van der Waals surface area contributed by atoms with Gasteiger partial charge >= 0.3 is 0 Å². The number of para-hydroxylation sites is 1. The minimum Gasteiger partial charge on any atom is -0.357 e. The molecule has 3 nitrogen and oxygen atoms in total. The van der Waals surface area contributed by atoms with Gasteiger partial charge in [-0.25, -0.2) is 0 Å². The first-order valence-electron chi connectivity index (χ1n) is 8.51. The van der Waals surface area contributed by atoms with E-state index in [1.165, 1.54) is 68.3 Å². The Morgan fingerprint density at radius 1 is 1.00 bits per heavy atom. The van der Waals surface area contributed by atoms with Crippen LogP contribution in [0.2, 0.25) is 0 Å². The molecule has 21 heavy (non-hydrogen) atoms. The van der Waals surface area contributed by atoms with E-state index in [9.17, 15) is 0 Å². The first-order valence-corrected chi connectivity index (χ1v) is 8.51. The average Bonchev–Trinajstić information content (AvgIpc) is 2.93. The van der Waals surface area contributed by atoms with E-state index in [1.807, 2.05) is 0 Å². The molecule has 0 bridgehead atoms. The maximum absolute atomic E-state index is 3.75. The zero-order valence-electron chi connectivity index (χ0n) is 12.5. The molecule has 0 saturated carbocycles. The monoisotopic (exact) mass is 281 g/mol. The number of rotatable bonds is 0. The Balaban J connectivity index is 1.58. The van der Waals surface area contributed by atoms with Gasteiger partial charge in [0.25, 0.3) is 0 Å². The molecular weight excluding hydrogens is 258 g/mol. The number of hydrogen-bond donors (Lipinski definition) is 1. The molecule has 110 valence electrons. The van der Waals surface area contributed by atoms with Crippen LogP contribution in [-0.2, 0) is 6.42 Å². The van der Waals surface area contributed by atoms with Gasteiger partial charge in [0.1, 0.15) is 0 Å². The van der Waals surface area contributed by atoms with Crippen molar-refractivity contribution in [2.75, 3.05) is 19.6 Å². The molecule has 5 rings (SSSR count). The van der Waals surface area contributed by atoms with Gasteiger partial charge in [0.2, 0.25) is 0 Å². The van der Waals surface area contributed by atoms with Gasteiger partial charge in [0.05, 0.1) is 12.2 Å². The van der Waals surface area contributed by atoms with Gasteiger partial charge in [-0.15, -0.1) is 0 Å². The molecule has 2 aromatic rings. The second-order valence-electron chi connectivity index (χ2n) is 6.87. The fourth-order valence-corrected chi connectivity index (χ4v) is 4.90. The summed E-state index contributed by atoms with van der Waals surface area (Å²) >= 11 is 0. The van der Waals surface area contributed by atoms with Crippen LogP contribution in [-0.4, -0.2) is 40.6 Å². The van der Waals surface area contributed by atoms with Crippen molar-refractivity contribution in [1.29, 1.82) is 0 Å². The van der Waals surface area contributed by atoms with Crippen LogP contribution in [0.5, 0.6) is 0 Å². The molecule has 1 aromatic heterocycles. The summed E-state index contributed by atoms with van der Waals surface area (Å²) in [7, 11) is 0. The Morgan fingerprint density at radius 3 is 2.95 bits per heavy atom. The zero-order valence-corrected chi connectivity index (χ0v) is 12.5. The highest BCUT2D eigenvalue weighted by atomic mass is 15.4. The van der Waals surface area contributed by atoms with Gasteiger partial charge in [-0.3, -0.25) is 9.80 Å². The smallest absolute Gasteiger partial charge is 0.0628 e. The van der Waals surface area contributed by atoms with E-state index in [-0.39, 0.29) is 0 Å². The highest BCUT2D eigenvalue weighted by Gasteiger charge is 2.40. The van der Waals surface area contributed by atoms with E-state index < -0.39 is 0 Å². The molecular formula is C18H23N3. The lowest BCUT2D eigenvalue weighted by Crippen LogP contribution is -2.58. The van der Waals surface area contributed by atoms with Crippen molar-refractivity contribution in [1.82, 2.24) is 14.8 Å². The first kappa shape index (κ1) is 12.2.